The Morgan fingerprint density at radius 3 is 2.63 bits per heavy atom. The van der Waals surface area contributed by atoms with E-state index < -0.39 is 28.8 Å². The molecule has 8 heteroatoms. The van der Waals surface area contributed by atoms with Crippen molar-refractivity contribution >= 4 is 11.9 Å². The molecule has 6 nitrogen and oxygen atoms in total. The topological polar surface area (TPSA) is 98.3 Å². The summed E-state index contributed by atoms with van der Waals surface area (Å²) in [4.78, 5) is 29.5. The highest BCUT2D eigenvalue weighted by atomic mass is 19.1. The molecule has 98 valence electrons. The smallest absolute Gasteiger partial charge is 0.328 e. The van der Waals surface area contributed by atoms with Crippen LogP contribution < -0.4 is 11.2 Å². The van der Waals surface area contributed by atoms with E-state index in [1.165, 1.54) is 0 Å². The maximum atomic E-state index is 13.3. The van der Waals surface area contributed by atoms with Gasteiger partial charge in [-0.05, 0) is 12.1 Å². The van der Waals surface area contributed by atoms with Crippen molar-refractivity contribution in [1.82, 2.24) is 9.97 Å². The molecule has 0 unspecified atom stereocenters. The monoisotopic (exact) mass is 267 g/mol. The Bertz CT molecular complexity index is 765. The molecule has 2 rings (SSSR count). The van der Waals surface area contributed by atoms with E-state index in [-0.39, 0.29) is 11.3 Å². The maximum Gasteiger partial charge on any atom is 0.328 e. The fourth-order valence-electron chi connectivity index (χ4n) is 1.32. The third-order valence-electron chi connectivity index (χ3n) is 2.20. The zero-order chi connectivity index (χ0) is 14.0. The van der Waals surface area contributed by atoms with Gasteiger partial charge in [-0.15, -0.1) is 0 Å². The van der Waals surface area contributed by atoms with Crippen molar-refractivity contribution < 1.29 is 13.9 Å². The lowest BCUT2D eigenvalue weighted by Gasteiger charge is -1.98. The van der Waals surface area contributed by atoms with E-state index in [2.05, 4.69) is 4.99 Å². The fourth-order valence-corrected chi connectivity index (χ4v) is 1.32. The van der Waals surface area contributed by atoms with Crippen LogP contribution >= 0.6 is 0 Å². The predicted octanol–water partition coefficient (Wildman–Crippen LogP) is 0.798. The summed E-state index contributed by atoms with van der Waals surface area (Å²) in [5.41, 5.74) is -2.51. The van der Waals surface area contributed by atoms with Gasteiger partial charge in [0.15, 0.2) is 0 Å². The number of H-pyrrole nitrogens is 2. The van der Waals surface area contributed by atoms with Crippen LogP contribution in [-0.2, 0) is 0 Å². The van der Waals surface area contributed by atoms with Crippen LogP contribution in [0.2, 0.25) is 0 Å². The van der Waals surface area contributed by atoms with Gasteiger partial charge in [-0.1, -0.05) is 0 Å². The van der Waals surface area contributed by atoms with Crippen molar-refractivity contribution in [2.45, 2.75) is 0 Å². The molecule has 19 heavy (non-hydrogen) atoms. The van der Waals surface area contributed by atoms with Crippen molar-refractivity contribution in [2.75, 3.05) is 0 Å². The van der Waals surface area contributed by atoms with Crippen molar-refractivity contribution in [3.63, 3.8) is 0 Å². The van der Waals surface area contributed by atoms with Crippen molar-refractivity contribution in [2.24, 2.45) is 4.99 Å². The number of hydrogen-bond acceptors (Lipinski definition) is 4. The van der Waals surface area contributed by atoms with E-state index in [4.69, 9.17) is 0 Å². The Morgan fingerprint density at radius 1 is 1.21 bits per heavy atom. The fraction of sp³-hybridized carbons (Fsp3) is 0. The zero-order valence-corrected chi connectivity index (χ0v) is 9.28. The molecular formula is C11H7F2N3O3. The first-order valence-corrected chi connectivity index (χ1v) is 5.02. The van der Waals surface area contributed by atoms with E-state index >= 15 is 0 Å². The third-order valence-corrected chi connectivity index (χ3v) is 2.20. The molecule has 0 amide bonds. The van der Waals surface area contributed by atoms with Gasteiger partial charge < -0.3 is 5.11 Å². The molecule has 0 saturated carbocycles. The average Bonchev–Trinajstić information content (AvgIpc) is 2.32. The van der Waals surface area contributed by atoms with Gasteiger partial charge in [0.25, 0.3) is 5.56 Å². The highest BCUT2D eigenvalue weighted by Gasteiger charge is 2.07. The SMILES string of the molecule is O=c1[nH]c(O)c(C=Nc2cc(F)ccc2F)c(=O)[nH]1. The highest BCUT2D eigenvalue weighted by molar-refractivity contribution is 5.83. The molecule has 0 bridgehead atoms. The molecule has 2 aromatic rings. The van der Waals surface area contributed by atoms with Crippen LogP contribution in [0.3, 0.4) is 0 Å². The largest absolute Gasteiger partial charge is 0.494 e. The molecule has 0 fully saturated rings. The quantitative estimate of drug-likeness (QED) is 0.702. The Balaban J connectivity index is 2.46. The van der Waals surface area contributed by atoms with Gasteiger partial charge in [0.2, 0.25) is 5.88 Å². The van der Waals surface area contributed by atoms with E-state index in [1.807, 2.05) is 9.97 Å². The molecule has 0 atom stereocenters. The molecule has 0 spiro atoms. The molecule has 1 heterocycles. The summed E-state index contributed by atoms with van der Waals surface area (Å²) in [5.74, 6) is -2.21. The van der Waals surface area contributed by atoms with Gasteiger partial charge in [-0.2, -0.15) is 0 Å². The molecular weight excluding hydrogens is 260 g/mol. The Morgan fingerprint density at radius 2 is 1.95 bits per heavy atom. The molecule has 3 N–H and O–H groups in total. The van der Waals surface area contributed by atoms with Crippen LogP contribution in [0.1, 0.15) is 5.56 Å². The minimum atomic E-state index is -0.901. The third kappa shape index (κ3) is 2.73. The Hall–Kier alpha value is -2.77. The molecule has 0 aliphatic carbocycles. The summed E-state index contributed by atoms with van der Waals surface area (Å²) in [6.45, 7) is 0. The summed E-state index contributed by atoms with van der Waals surface area (Å²) < 4.78 is 26.1. The zero-order valence-electron chi connectivity index (χ0n) is 9.28. The minimum absolute atomic E-state index is 0.343. The van der Waals surface area contributed by atoms with Crippen molar-refractivity contribution in [3.8, 4) is 5.88 Å². The van der Waals surface area contributed by atoms with E-state index in [9.17, 15) is 23.5 Å². The lowest BCUT2D eigenvalue weighted by molar-refractivity contribution is 0.447. The summed E-state index contributed by atoms with van der Waals surface area (Å²) in [6, 6.07) is 2.61. The van der Waals surface area contributed by atoms with Gasteiger partial charge in [-0.3, -0.25) is 19.8 Å². The van der Waals surface area contributed by atoms with Crippen LogP contribution in [-0.4, -0.2) is 21.3 Å². The standard InChI is InChI=1S/C11H7F2N3O3/c12-5-1-2-7(13)8(3-5)14-4-6-9(17)15-11(19)16-10(6)18/h1-4H,(H3,15,16,17,18,19). The lowest BCUT2D eigenvalue weighted by atomic mass is 10.3. The number of rotatable bonds is 2. The first-order valence-electron chi connectivity index (χ1n) is 5.02. The molecule has 0 aliphatic heterocycles. The van der Waals surface area contributed by atoms with Crippen LogP contribution in [0.25, 0.3) is 0 Å². The number of hydrogen-bond donors (Lipinski definition) is 3. The average molecular weight is 267 g/mol. The summed E-state index contributed by atoms with van der Waals surface area (Å²) >= 11 is 0. The number of nitrogens with zero attached hydrogens (tertiary/aromatic N) is 1. The van der Waals surface area contributed by atoms with E-state index in [0.29, 0.717) is 0 Å². The van der Waals surface area contributed by atoms with E-state index in [1.54, 1.807) is 0 Å². The second-order valence-corrected chi connectivity index (χ2v) is 3.52. The number of benzene rings is 1. The molecule has 0 aliphatic rings. The van der Waals surface area contributed by atoms with E-state index in [0.717, 1.165) is 24.4 Å². The van der Waals surface area contributed by atoms with Crippen LogP contribution in [0.5, 0.6) is 5.88 Å². The summed E-state index contributed by atoms with van der Waals surface area (Å²) in [6.07, 6.45) is 0.821. The van der Waals surface area contributed by atoms with Crippen LogP contribution in [0.4, 0.5) is 14.5 Å². The molecule has 0 radical (unpaired) electrons. The number of aromatic hydroxyl groups is 1. The van der Waals surface area contributed by atoms with Crippen molar-refractivity contribution in [1.29, 1.82) is 0 Å². The molecule has 1 aromatic heterocycles. The normalized spacial score (nSPS) is 11.1. The lowest BCUT2D eigenvalue weighted by Crippen LogP contribution is -2.24. The number of aliphatic imine (C=N–C) groups is 1. The van der Waals surface area contributed by atoms with Crippen LogP contribution in [0.15, 0.2) is 32.8 Å². The second kappa shape index (κ2) is 4.84. The minimum Gasteiger partial charge on any atom is -0.494 e. The second-order valence-electron chi connectivity index (χ2n) is 3.52. The number of halogens is 2. The highest BCUT2D eigenvalue weighted by Crippen LogP contribution is 2.18. The van der Waals surface area contributed by atoms with Crippen LogP contribution in [0, 0.1) is 11.6 Å². The summed E-state index contributed by atoms with van der Waals surface area (Å²) in [5, 5.41) is 9.34. The van der Waals surface area contributed by atoms with Gasteiger partial charge in [0.05, 0.1) is 0 Å². The van der Waals surface area contributed by atoms with Gasteiger partial charge in [0, 0.05) is 12.3 Å². The predicted molar refractivity (Wildman–Crippen MR) is 63.0 cm³/mol. The van der Waals surface area contributed by atoms with Gasteiger partial charge >= 0.3 is 5.69 Å². The summed E-state index contributed by atoms with van der Waals surface area (Å²) in [7, 11) is 0. The first-order chi connectivity index (χ1) is 8.97. The Kier molecular flexibility index (Phi) is 3.23. The number of aromatic nitrogens is 2. The van der Waals surface area contributed by atoms with Crippen molar-refractivity contribution in [3.05, 3.63) is 56.2 Å². The number of nitrogens with one attached hydrogen (secondary N) is 2. The molecule has 1 aromatic carbocycles. The number of aromatic amines is 2. The molecule has 0 saturated heterocycles. The van der Waals surface area contributed by atoms with Gasteiger partial charge in [0.1, 0.15) is 22.9 Å². The Labute approximate surface area is 104 Å². The maximum absolute atomic E-state index is 13.3. The van der Waals surface area contributed by atoms with Gasteiger partial charge in [-0.25, -0.2) is 13.6 Å². The first kappa shape index (κ1) is 12.7.